The Kier molecular flexibility index (Phi) is 4.07. The van der Waals surface area contributed by atoms with Gasteiger partial charge < -0.3 is 10.7 Å². The van der Waals surface area contributed by atoms with Crippen LogP contribution in [0.1, 0.15) is 0 Å². The van der Waals surface area contributed by atoms with E-state index in [4.69, 9.17) is 10.9 Å². The van der Waals surface area contributed by atoms with Crippen molar-refractivity contribution in [3.63, 3.8) is 0 Å². The number of nitrogens with two attached hydrogens (primary N) is 2. The summed E-state index contributed by atoms with van der Waals surface area (Å²) in [4.78, 5) is 3.24. The normalized spacial score (nSPS) is 10.8. The van der Waals surface area contributed by atoms with Crippen LogP contribution in [0.5, 0.6) is 0 Å². The largest absolute Gasteiger partial charge is 0.399 e. The van der Waals surface area contributed by atoms with Crippen LogP contribution >= 0.6 is 0 Å². The second kappa shape index (κ2) is 5.77. The smallest absolute Gasteiger partial charge is 0.238 e. The molecule has 0 bridgehead atoms. The molecule has 104 valence electrons. The fourth-order valence-corrected chi connectivity index (χ4v) is 2.22. The highest BCUT2D eigenvalue weighted by Gasteiger charge is 2.03. The van der Waals surface area contributed by atoms with Crippen LogP contribution in [0, 0.1) is 0 Å². The molecule has 0 saturated heterocycles. The number of benzene rings is 2. The first-order chi connectivity index (χ1) is 9.47. The van der Waals surface area contributed by atoms with Crippen molar-refractivity contribution < 1.29 is 8.42 Å². The molecule has 0 saturated carbocycles. The van der Waals surface area contributed by atoms with Gasteiger partial charge in [0.2, 0.25) is 10.0 Å². The van der Waals surface area contributed by atoms with Crippen molar-refractivity contribution in [2.45, 2.75) is 4.90 Å². The molecule has 3 rings (SSSR count). The zero-order valence-electron chi connectivity index (χ0n) is 10.7. The van der Waals surface area contributed by atoms with Crippen molar-refractivity contribution in [2.24, 2.45) is 5.14 Å². The molecule has 1 aromatic heterocycles. The summed E-state index contributed by atoms with van der Waals surface area (Å²) >= 11 is 0. The Morgan fingerprint density at radius 3 is 2.25 bits per heavy atom. The molecule has 2 aromatic carbocycles. The third-order valence-electron chi connectivity index (χ3n) is 2.65. The number of aromatic amines is 1. The molecule has 1 heterocycles. The molecule has 0 amide bonds. The van der Waals surface area contributed by atoms with Crippen LogP contribution in [0.15, 0.2) is 65.7 Å². The molecule has 0 aliphatic carbocycles. The fourth-order valence-electron chi connectivity index (χ4n) is 1.68. The molecule has 0 aliphatic heterocycles. The quantitative estimate of drug-likeness (QED) is 0.598. The van der Waals surface area contributed by atoms with Crippen molar-refractivity contribution in [3.05, 3.63) is 60.8 Å². The summed E-state index contributed by atoms with van der Waals surface area (Å²) in [7, 11) is -3.50. The van der Waals surface area contributed by atoms with E-state index in [1.54, 1.807) is 18.2 Å². The number of nitrogens with one attached hydrogen (secondary N) is 1. The van der Waals surface area contributed by atoms with E-state index >= 15 is 0 Å². The fraction of sp³-hybridized carbons (Fsp3) is 0. The van der Waals surface area contributed by atoms with Crippen LogP contribution in [0.2, 0.25) is 0 Å². The third-order valence-corrected chi connectivity index (χ3v) is 3.58. The minimum atomic E-state index is -3.50. The molecule has 5 nitrogen and oxygen atoms in total. The average molecular weight is 289 g/mol. The van der Waals surface area contributed by atoms with E-state index in [-0.39, 0.29) is 4.90 Å². The Hall–Kier alpha value is -2.31. The van der Waals surface area contributed by atoms with Gasteiger partial charge >= 0.3 is 0 Å². The van der Waals surface area contributed by atoms with Crippen molar-refractivity contribution in [2.75, 3.05) is 5.73 Å². The lowest BCUT2D eigenvalue weighted by atomic mass is 10.2. The number of aromatic nitrogens is 1. The van der Waals surface area contributed by atoms with Gasteiger partial charge in [0, 0.05) is 22.8 Å². The number of anilines is 1. The number of H-pyrrole nitrogens is 1. The number of fused-ring (bicyclic) bond motifs is 1. The summed E-state index contributed by atoms with van der Waals surface area (Å²) in [5.41, 5.74) is 7.51. The molecular formula is C14H15N3O2S. The molecule has 0 aliphatic rings. The minimum Gasteiger partial charge on any atom is -0.399 e. The number of sulfonamides is 1. The highest BCUT2D eigenvalue weighted by Crippen LogP contribution is 2.14. The number of rotatable bonds is 1. The average Bonchev–Trinajstić information content (AvgIpc) is 2.87. The van der Waals surface area contributed by atoms with Crippen LogP contribution in [-0.4, -0.2) is 13.4 Å². The van der Waals surface area contributed by atoms with Crippen molar-refractivity contribution in [1.29, 1.82) is 0 Å². The van der Waals surface area contributed by atoms with Crippen LogP contribution in [-0.2, 0) is 10.0 Å². The second-order valence-corrected chi connectivity index (χ2v) is 5.74. The van der Waals surface area contributed by atoms with Gasteiger partial charge in [-0.25, -0.2) is 13.6 Å². The lowest BCUT2D eigenvalue weighted by Gasteiger charge is -1.93. The molecule has 0 spiro atoms. The maximum absolute atomic E-state index is 10.6. The monoisotopic (exact) mass is 289 g/mol. The summed E-state index contributed by atoms with van der Waals surface area (Å²) < 4.78 is 21.2. The van der Waals surface area contributed by atoms with Crippen molar-refractivity contribution >= 4 is 26.6 Å². The molecule has 3 aromatic rings. The number of nitrogen functional groups attached to an aromatic ring is 1. The number of primary sulfonamides is 1. The Balaban J connectivity index is 0.000000147. The zero-order chi connectivity index (χ0) is 14.6. The predicted octanol–water partition coefficient (Wildman–Crippen LogP) is 2.08. The lowest BCUT2D eigenvalue weighted by molar-refractivity contribution is 0.598. The molecule has 0 radical (unpaired) electrons. The Morgan fingerprint density at radius 1 is 0.950 bits per heavy atom. The first-order valence-corrected chi connectivity index (χ1v) is 7.42. The van der Waals surface area contributed by atoms with Crippen LogP contribution < -0.4 is 10.9 Å². The minimum absolute atomic E-state index is 0.148. The van der Waals surface area contributed by atoms with E-state index in [0.29, 0.717) is 0 Å². The van der Waals surface area contributed by atoms with Gasteiger partial charge in [-0.3, -0.25) is 0 Å². The molecule has 0 atom stereocenters. The van der Waals surface area contributed by atoms with Gasteiger partial charge in [-0.1, -0.05) is 18.2 Å². The maximum atomic E-state index is 10.6. The standard InChI is InChI=1S/C8H8N2.C6H7NO2S/c9-7-1-2-8-6(5-7)3-4-10-8;7-10(8,9)6-4-2-1-3-5-6/h1-5,10H,9H2;1-5H,(H2,7,8,9). The molecule has 20 heavy (non-hydrogen) atoms. The van der Waals surface area contributed by atoms with Gasteiger partial charge in [0.15, 0.2) is 0 Å². The summed E-state index contributed by atoms with van der Waals surface area (Å²) in [6.45, 7) is 0. The Bertz CT molecular complexity index is 795. The van der Waals surface area contributed by atoms with Crippen LogP contribution in [0.25, 0.3) is 10.9 Å². The summed E-state index contributed by atoms with van der Waals surface area (Å²) in [6.07, 6.45) is 1.91. The van der Waals surface area contributed by atoms with Gasteiger partial charge in [-0.15, -0.1) is 0 Å². The first kappa shape index (κ1) is 14.1. The summed E-state index contributed by atoms with van der Waals surface area (Å²) in [5.74, 6) is 0. The highest BCUT2D eigenvalue weighted by molar-refractivity contribution is 7.89. The van der Waals surface area contributed by atoms with E-state index in [1.165, 1.54) is 17.5 Å². The van der Waals surface area contributed by atoms with Gasteiger partial charge in [0.25, 0.3) is 0 Å². The van der Waals surface area contributed by atoms with Gasteiger partial charge in [-0.05, 0) is 36.4 Å². The lowest BCUT2D eigenvalue weighted by Crippen LogP contribution is -2.11. The second-order valence-electron chi connectivity index (χ2n) is 4.18. The van der Waals surface area contributed by atoms with Crippen molar-refractivity contribution in [1.82, 2.24) is 4.98 Å². The van der Waals surface area contributed by atoms with Crippen LogP contribution in [0.4, 0.5) is 5.69 Å². The number of hydrogen-bond donors (Lipinski definition) is 3. The number of hydrogen-bond acceptors (Lipinski definition) is 3. The van der Waals surface area contributed by atoms with Gasteiger partial charge in [0.05, 0.1) is 4.90 Å². The van der Waals surface area contributed by atoms with E-state index in [1.807, 2.05) is 30.5 Å². The highest BCUT2D eigenvalue weighted by atomic mass is 32.2. The van der Waals surface area contributed by atoms with E-state index in [0.717, 1.165) is 11.2 Å². The summed E-state index contributed by atoms with van der Waals surface area (Å²) in [6, 6.07) is 15.7. The molecule has 6 heteroatoms. The van der Waals surface area contributed by atoms with Crippen LogP contribution in [0.3, 0.4) is 0 Å². The molecular weight excluding hydrogens is 274 g/mol. The van der Waals surface area contributed by atoms with Gasteiger partial charge in [-0.2, -0.15) is 0 Å². The zero-order valence-corrected chi connectivity index (χ0v) is 11.5. The molecule has 5 N–H and O–H groups in total. The van der Waals surface area contributed by atoms with E-state index in [2.05, 4.69) is 4.98 Å². The maximum Gasteiger partial charge on any atom is 0.238 e. The Labute approximate surface area is 117 Å². The SMILES string of the molecule is NS(=O)(=O)c1ccccc1.Nc1ccc2[nH]ccc2c1. The van der Waals surface area contributed by atoms with E-state index < -0.39 is 10.0 Å². The predicted molar refractivity (Wildman–Crippen MR) is 80.5 cm³/mol. The Morgan fingerprint density at radius 2 is 1.65 bits per heavy atom. The first-order valence-electron chi connectivity index (χ1n) is 5.87. The molecule has 0 fully saturated rings. The van der Waals surface area contributed by atoms with E-state index in [9.17, 15) is 8.42 Å². The molecule has 0 unspecified atom stereocenters. The third kappa shape index (κ3) is 3.59. The van der Waals surface area contributed by atoms with Crippen molar-refractivity contribution in [3.8, 4) is 0 Å². The van der Waals surface area contributed by atoms with Gasteiger partial charge in [0.1, 0.15) is 0 Å². The topological polar surface area (TPSA) is 102 Å². The summed E-state index contributed by atoms with van der Waals surface area (Å²) in [5, 5.41) is 6.00.